The SMILES string of the molecule is CC1=C(N)C(C)OS1(=O)=O. The summed E-state index contributed by atoms with van der Waals surface area (Å²) in [6.45, 7) is 3.04. The summed E-state index contributed by atoms with van der Waals surface area (Å²) >= 11 is 0. The van der Waals surface area contributed by atoms with Crippen molar-refractivity contribution in [2.24, 2.45) is 5.73 Å². The molecule has 0 radical (unpaired) electrons. The van der Waals surface area contributed by atoms with E-state index in [4.69, 9.17) is 5.73 Å². The van der Waals surface area contributed by atoms with Crippen LogP contribution >= 0.6 is 0 Å². The second-order valence-electron chi connectivity index (χ2n) is 2.20. The molecule has 58 valence electrons. The highest BCUT2D eigenvalue weighted by Gasteiger charge is 2.31. The van der Waals surface area contributed by atoms with E-state index in [1.165, 1.54) is 6.92 Å². The molecule has 10 heavy (non-hydrogen) atoms. The minimum absolute atomic E-state index is 0.139. The van der Waals surface area contributed by atoms with Gasteiger partial charge in [0.15, 0.2) is 0 Å². The molecule has 0 saturated carbocycles. The Morgan fingerprint density at radius 2 is 2.10 bits per heavy atom. The Balaban J connectivity index is 3.20. The van der Waals surface area contributed by atoms with Gasteiger partial charge in [-0.3, -0.25) is 4.18 Å². The van der Waals surface area contributed by atoms with Crippen molar-refractivity contribution in [1.82, 2.24) is 0 Å². The molecule has 0 spiro atoms. The van der Waals surface area contributed by atoms with Gasteiger partial charge in [0.25, 0.3) is 10.1 Å². The van der Waals surface area contributed by atoms with Gasteiger partial charge in [-0.2, -0.15) is 8.42 Å². The van der Waals surface area contributed by atoms with Gasteiger partial charge in [-0.05, 0) is 13.8 Å². The summed E-state index contributed by atoms with van der Waals surface area (Å²) in [6, 6.07) is 0. The minimum Gasteiger partial charge on any atom is -0.399 e. The van der Waals surface area contributed by atoms with Crippen molar-refractivity contribution >= 4 is 10.1 Å². The standard InChI is InChI=1S/C5H9NO3S/c1-3-5(6)4(2)10(7,8)9-3/h3H,6H2,1-2H3. The Labute approximate surface area is 59.8 Å². The van der Waals surface area contributed by atoms with Crippen LogP contribution in [0.5, 0.6) is 0 Å². The summed E-state index contributed by atoms with van der Waals surface area (Å²) in [4.78, 5) is 0.139. The number of nitrogens with two attached hydrogens (primary N) is 1. The van der Waals surface area contributed by atoms with E-state index >= 15 is 0 Å². The molecule has 0 aliphatic carbocycles. The Hall–Kier alpha value is -0.550. The lowest BCUT2D eigenvalue weighted by molar-refractivity contribution is 0.279. The zero-order valence-corrected chi connectivity index (χ0v) is 6.60. The van der Waals surface area contributed by atoms with Crippen molar-refractivity contribution in [2.45, 2.75) is 20.0 Å². The van der Waals surface area contributed by atoms with Crippen molar-refractivity contribution in [3.05, 3.63) is 10.6 Å². The fourth-order valence-electron chi connectivity index (χ4n) is 0.745. The van der Waals surface area contributed by atoms with E-state index in [0.29, 0.717) is 5.70 Å². The van der Waals surface area contributed by atoms with Crippen LogP contribution < -0.4 is 5.73 Å². The van der Waals surface area contributed by atoms with E-state index in [1.807, 2.05) is 0 Å². The van der Waals surface area contributed by atoms with Crippen molar-refractivity contribution in [3.8, 4) is 0 Å². The molecule has 1 aliphatic heterocycles. The zero-order valence-electron chi connectivity index (χ0n) is 5.79. The first-order valence-electron chi connectivity index (χ1n) is 2.84. The highest BCUT2D eigenvalue weighted by Crippen LogP contribution is 2.24. The van der Waals surface area contributed by atoms with Crippen LogP contribution in [0.3, 0.4) is 0 Å². The van der Waals surface area contributed by atoms with Gasteiger partial charge in [-0.25, -0.2) is 0 Å². The van der Waals surface area contributed by atoms with Gasteiger partial charge in [0.05, 0.1) is 10.6 Å². The van der Waals surface area contributed by atoms with Crippen LogP contribution in [-0.4, -0.2) is 14.5 Å². The molecule has 0 saturated heterocycles. The summed E-state index contributed by atoms with van der Waals surface area (Å²) in [5.41, 5.74) is 5.68. The molecule has 5 heteroatoms. The number of hydrogen-bond donors (Lipinski definition) is 1. The molecule has 1 atom stereocenters. The summed E-state index contributed by atoms with van der Waals surface area (Å²) in [6.07, 6.45) is -0.495. The zero-order chi connectivity index (χ0) is 7.94. The molecule has 0 aromatic carbocycles. The number of rotatable bonds is 0. The Bertz CT molecular complexity index is 277. The van der Waals surface area contributed by atoms with E-state index in [0.717, 1.165) is 0 Å². The molecule has 1 heterocycles. The van der Waals surface area contributed by atoms with Crippen LogP contribution in [-0.2, 0) is 14.3 Å². The Morgan fingerprint density at radius 3 is 2.20 bits per heavy atom. The number of allylic oxidation sites excluding steroid dienone is 1. The van der Waals surface area contributed by atoms with Crippen molar-refractivity contribution in [1.29, 1.82) is 0 Å². The highest BCUT2D eigenvalue weighted by atomic mass is 32.2. The van der Waals surface area contributed by atoms with E-state index < -0.39 is 16.2 Å². The van der Waals surface area contributed by atoms with Gasteiger partial charge in [0.2, 0.25) is 0 Å². The third-order valence-electron chi connectivity index (χ3n) is 1.49. The van der Waals surface area contributed by atoms with Crippen molar-refractivity contribution in [2.75, 3.05) is 0 Å². The molecule has 4 nitrogen and oxygen atoms in total. The number of hydrogen-bond acceptors (Lipinski definition) is 4. The van der Waals surface area contributed by atoms with E-state index in [9.17, 15) is 8.42 Å². The second kappa shape index (κ2) is 1.96. The molecule has 0 fully saturated rings. The summed E-state index contributed by atoms with van der Waals surface area (Å²) in [7, 11) is -3.47. The topological polar surface area (TPSA) is 69.4 Å². The van der Waals surface area contributed by atoms with Crippen LogP contribution in [0.15, 0.2) is 10.6 Å². The molecule has 0 bridgehead atoms. The van der Waals surface area contributed by atoms with Crippen molar-refractivity contribution < 1.29 is 12.6 Å². The normalized spacial score (nSPS) is 31.2. The van der Waals surface area contributed by atoms with Gasteiger partial charge < -0.3 is 5.73 Å². The maximum Gasteiger partial charge on any atom is 0.295 e. The molecule has 2 N–H and O–H groups in total. The first-order valence-corrected chi connectivity index (χ1v) is 4.25. The lowest BCUT2D eigenvalue weighted by Crippen LogP contribution is -2.11. The molecule has 0 amide bonds. The largest absolute Gasteiger partial charge is 0.399 e. The van der Waals surface area contributed by atoms with Gasteiger partial charge >= 0.3 is 0 Å². The lowest BCUT2D eigenvalue weighted by atomic mass is 10.3. The summed E-state index contributed by atoms with van der Waals surface area (Å²) in [5, 5.41) is 0. The molecule has 1 unspecified atom stereocenters. The second-order valence-corrected chi connectivity index (χ2v) is 3.92. The third-order valence-corrected chi connectivity index (χ3v) is 3.02. The predicted molar refractivity (Wildman–Crippen MR) is 36.4 cm³/mol. The van der Waals surface area contributed by atoms with Gasteiger partial charge in [0.1, 0.15) is 6.10 Å². The lowest BCUT2D eigenvalue weighted by Gasteiger charge is -1.98. The van der Waals surface area contributed by atoms with Crippen molar-refractivity contribution in [3.63, 3.8) is 0 Å². The van der Waals surface area contributed by atoms with E-state index in [2.05, 4.69) is 4.18 Å². The van der Waals surface area contributed by atoms with Crippen LogP contribution in [0.1, 0.15) is 13.8 Å². The minimum atomic E-state index is -3.47. The summed E-state index contributed by atoms with van der Waals surface area (Å²) in [5.74, 6) is 0. The quantitative estimate of drug-likeness (QED) is 0.507. The van der Waals surface area contributed by atoms with Crippen LogP contribution in [0.2, 0.25) is 0 Å². The average molecular weight is 163 g/mol. The average Bonchev–Trinajstić information content (AvgIpc) is 1.95. The third kappa shape index (κ3) is 0.911. The van der Waals surface area contributed by atoms with Gasteiger partial charge in [-0.1, -0.05) is 0 Å². The monoisotopic (exact) mass is 163 g/mol. The smallest absolute Gasteiger partial charge is 0.295 e. The highest BCUT2D eigenvalue weighted by molar-refractivity contribution is 7.90. The molecular formula is C5H9NO3S. The molecule has 0 aromatic rings. The van der Waals surface area contributed by atoms with Gasteiger partial charge in [-0.15, -0.1) is 0 Å². The Kier molecular flexibility index (Phi) is 1.48. The van der Waals surface area contributed by atoms with Crippen LogP contribution in [0.4, 0.5) is 0 Å². The maximum atomic E-state index is 10.8. The van der Waals surface area contributed by atoms with Gasteiger partial charge in [0, 0.05) is 0 Å². The van der Waals surface area contributed by atoms with Crippen LogP contribution in [0, 0.1) is 0 Å². The maximum absolute atomic E-state index is 10.8. The molecular weight excluding hydrogens is 154 g/mol. The van der Waals surface area contributed by atoms with Crippen LogP contribution in [0.25, 0.3) is 0 Å². The molecule has 0 aromatic heterocycles. The summed E-state index contributed by atoms with van der Waals surface area (Å²) < 4.78 is 26.2. The Morgan fingerprint density at radius 1 is 1.60 bits per heavy atom. The molecule has 1 rings (SSSR count). The first-order chi connectivity index (χ1) is 4.45. The van der Waals surface area contributed by atoms with E-state index in [1.54, 1.807) is 6.92 Å². The first kappa shape index (κ1) is 7.56. The predicted octanol–water partition coefficient (Wildman–Crippen LogP) is -0.0749. The van der Waals surface area contributed by atoms with E-state index in [-0.39, 0.29) is 4.91 Å². The fourth-order valence-corrected chi connectivity index (χ4v) is 1.83. The molecule has 1 aliphatic rings. The fraction of sp³-hybridized carbons (Fsp3) is 0.600.